The number of fused-ring (bicyclic) bond motifs is 3. The van der Waals surface area contributed by atoms with Crippen LogP contribution in [0.25, 0.3) is 37.8 Å². The Morgan fingerprint density at radius 2 is 1.93 bits per heavy atom. The molecule has 4 aromatic rings. The number of morpholine rings is 1. The normalized spacial score (nSPS) is 26.0. The second kappa shape index (κ2) is 15.8. The topological polar surface area (TPSA) is 91.5 Å². The lowest BCUT2D eigenvalue weighted by Crippen LogP contribution is -2.56. The van der Waals surface area contributed by atoms with Crippen LogP contribution in [0.5, 0.6) is 6.01 Å². The lowest BCUT2D eigenvalue weighted by molar-refractivity contribution is -0.128. The first-order valence-electron chi connectivity index (χ1n) is 19.2. The summed E-state index contributed by atoms with van der Waals surface area (Å²) in [6.07, 6.45) is 6.21. The van der Waals surface area contributed by atoms with Crippen LogP contribution in [0, 0.1) is 18.2 Å². The summed E-state index contributed by atoms with van der Waals surface area (Å²) in [5.41, 5.74) is -0.339. The number of anilines is 1. The van der Waals surface area contributed by atoms with Gasteiger partial charge in [-0.3, -0.25) is 19.6 Å². The van der Waals surface area contributed by atoms with Crippen LogP contribution in [0.15, 0.2) is 48.7 Å². The van der Waals surface area contributed by atoms with Crippen molar-refractivity contribution in [1.82, 2.24) is 29.7 Å². The summed E-state index contributed by atoms with van der Waals surface area (Å²) in [7, 11) is 0. The van der Waals surface area contributed by atoms with Gasteiger partial charge in [0, 0.05) is 75.5 Å². The molecule has 4 fully saturated rings. The smallest absolute Gasteiger partial charge is 0.319 e. The first kappa shape index (κ1) is 38.3. The quantitative estimate of drug-likeness (QED) is 0.143. The van der Waals surface area contributed by atoms with E-state index in [1.807, 2.05) is 24.8 Å². The van der Waals surface area contributed by atoms with Crippen LogP contribution in [0.3, 0.4) is 0 Å². The fourth-order valence-electron chi connectivity index (χ4n) is 9.10. The average molecular weight is 789 g/mol. The van der Waals surface area contributed by atoms with Gasteiger partial charge in [0.25, 0.3) is 0 Å². The molecule has 0 spiro atoms. The van der Waals surface area contributed by atoms with E-state index in [1.54, 1.807) is 35.2 Å². The van der Waals surface area contributed by atoms with Crippen molar-refractivity contribution >= 4 is 45.0 Å². The van der Waals surface area contributed by atoms with Gasteiger partial charge < -0.3 is 24.1 Å². The van der Waals surface area contributed by atoms with Crippen LogP contribution in [0.2, 0.25) is 5.02 Å². The lowest BCUT2D eigenvalue weighted by Gasteiger charge is -2.39. The van der Waals surface area contributed by atoms with E-state index < -0.39 is 29.4 Å². The number of rotatable bonds is 9. The number of hydrogen-bond acceptors (Lipinski definition) is 9. The molecular weight excluding hydrogens is 745 g/mol. The third-order valence-electron chi connectivity index (χ3n) is 11.6. The van der Waals surface area contributed by atoms with Gasteiger partial charge in [-0.2, -0.15) is 9.97 Å². The number of halogens is 4. The standard InChI is InChI=1S/C41H44ClF3N8O3/c1-25-20-50(21-26(2)56-25)13-5-9-33(54)53-16-15-51(23-29(53)18-46-3)39-31-19-47-37(30-8-4-7-27-10-11-32(44)35(42)34(27)30)36(45)38(31)48-40(49-39)55-24-41-12-6-14-52(41)22-28(43)17-41/h4-5,7-11,19,25-26,28-29H,6,12-18,20-24H2,1-2H3/b9-5+/t25-,26-,28-,29+,41+/m1/s1. The van der Waals surface area contributed by atoms with Crippen molar-refractivity contribution in [2.45, 2.75) is 63.1 Å². The summed E-state index contributed by atoms with van der Waals surface area (Å²) in [5.74, 6) is -1.25. The van der Waals surface area contributed by atoms with Crippen molar-refractivity contribution in [3.63, 3.8) is 0 Å². The van der Waals surface area contributed by atoms with Crippen molar-refractivity contribution in [3.8, 4) is 17.3 Å². The molecular formula is C41H44ClF3N8O3. The number of piperazine rings is 1. The van der Waals surface area contributed by atoms with E-state index in [0.717, 1.165) is 32.5 Å². The Morgan fingerprint density at radius 3 is 2.73 bits per heavy atom. The molecule has 8 rings (SSSR count). The molecule has 0 aliphatic carbocycles. The predicted octanol–water partition coefficient (Wildman–Crippen LogP) is 6.33. The van der Waals surface area contributed by atoms with Gasteiger partial charge >= 0.3 is 6.01 Å². The van der Waals surface area contributed by atoms with Gasteiger partial charge in [-0.15, -0.1) is 0 Å². The number of amides is 1. The SMILES string of the molecule is [C-]#[N+]C[C@H]1CN(c2nc(OC[C@@]34CCCN3C[C@H](F)C4)nc3c(F)c(-c4cccc5ccc(F)c(Cl)c45)ncc23)CCN1C(=O)/C=C/CN1C[C@@H](C)O[C@H](C)C1. The number of carbonyl (C=O) groups excluding carboxylic acids is 1. The predicted molar refractivity (Wildman–Crippen MR) is 209 cm³/mol. The van der Waals surface area contributed by atoms with Crippen molar-refractivity contribution in [2.75, 3.05) is 70.4 Å². The molecule has 4 aliphatic rings. The highest BCUT2D eigenvalue weighted by Crippen LogP contribution is 2.42. The zero-order chi connectivity index (χ0) is 39.1. The molecule has 15 heteroatoms. The number of benzene rings is 2. The summed E-state index contributed by atoms with van der Waals surface area (Å²) >= 11 is 6.44. The number of carbonyl (C=O) groups is 1. The maximum atomic E-state index is 17.0. The fourth-order valence-corrected chi connectivity index (χ4v) is 9.37. The third kappa shape index (κ3) is 7.38. The molecule has 0 unspecified atom stereocenters. The second-order valence-electron chi connectivity index (χ2n) is 15.5. The van der Waals surface area contributed by atoms with E-state index in [9.17, 15) is 13.6 Å². The van der Waals surface area contributed by atoms with Crippen LogP contribution in [-0.4, -0.2) is 131 Å². The molecule has 2 aromatic heterocycles. The van der Waals surface area contributed by atoms with Crippen molar-refractivity contribution in [1.29, 1.82) is 0 Å². The monoisotopic (exact) mass is 788 g/mol. The van der Waals surface area contributed by atoms with Crippen molar-refractivity contribution in [3.05, 3.63) is 76.8 Å². The fraction of sp³-hybridized carbons (Fsp3) is 0.488. The summed E-state index contributed by atoms with van der Waals surface area (Å²) < 4.78 is 58.4. The highest BCUT2D eigenvalue weighted by molar-refractivity contribution is 6.36. The molecule has 11 nitrogen and oxygen atoms in total. The lowest BCUT2D eigenvalue weighted by atomic mass is 9.95. The van der Waals surface area contributed by atoms with E-state index in [4.69, 9.17) is 32.6 Å². The first-order chi connectivity index (χ1) is 27.0. The summed E-state index contributed by atoms with van der Waals surface area (Å²) in [6.45, 7) is 16.1. The van der Waals surface area contributed by atoms with Crippen molar-refractivity contribution in [2.24, 2.45) is 0 Å². The molecule has 294 valence electrons. The van der Waals surface area contributed by atoms with Gasteiger partial charge in [0.1, 0.15) is 41.7 Å². The van der Waals surface area contributed by atoms with Gasteiger partial charge in [-0.05, 0) is 44.7 Å². The molecule has 2 aromatic carbocycles. The van der Waals surface area contributed by atoms with Crippen molar-refractivity contribution < 1.29 is 27.4 Å². The summed E-state index contributed by atoms with van der Waals surface area (Å²) in [6, 6.07) is 7.40. The van der Waals surface area contributed by atoms with Gasteiger partial charge in [0.05, 0.1) is 28.2 Å². The second-order valence-corrected chi connectivity index (χ2v) is 15.9. The Labute approximate surface area is 328 Å². The molecule has 4 aliphatic heterocycles. The van der Waals surface area contributed by atoms with E-state index in [2.05, 4.69) is 24.6 Å². The summed E-state index contributed by atoms with van der Waals surface area (Å²) in [5, 5.41) is 1.09. The molecule has 0 radical (unpaired) electrons. The number of alkyl halides is 1. The van der Waals surface area contributed by atoms with E-state index in [0.29, 0.717) is 60.1 Å². The minimum absolute atomic E-state index is 0.0544. The Balaban J connectivity index is 1.12. The Hall–Kier alpha value is -4.55. The number of hydrogen-bond donors (Lipinski definition) is 0. The van der Waals surface area contributed by atoms with E-state index in [-0.39, 0.29) is 60.1 Å². The average Bonchev–Trinajstić information content (AvgIpc) is 3.70. The maximum Gasteiger partial charge on any atom is 0.319 e. The molecule has 6 heterocycles. The minimum Gasteiger partial charge on any atom is -0.461 e. The zero-order valence-electron chi connectivity index (χ0n) is 31.4. The summed E-state index contributed by atoms with van der Waals surface area (Å²) in [4.78, 5) is 39.1. The third-order valence-corrected chi connectivity index (χ3v) is 11.9. The zero-order valence-corrected chi connectivity index (χ0v) is 32.2. The number of pyridine rings is 1. The Morgan fingerprint density at radius 1 is 1.11 bits per heavy atom. The number of ether oxygens (including phenoxy) is 2. The molecule has 56 heavy (non-hydrogen) atoms. The highest BCUT2D eigenvalue weighted by atomic mass is 35.5. The van der Waals surface area contributed by atoms with Crippen LogP contribution in [-0.2, 0) is 9.53 Å². The van der Waals surface area contributed by atoms with Crippen LogP contribution in [0.4, 0.5) is 19.0 Å². The Kier molecular flexibility index (Phi) is 10.8. The maximum absolute atomic E-state index is 17.0. The highest BCUT2D eigenvalue weighted by Gasteiger charge is 2.49. The van der Waals surface area contributed by atoms with Gasteiger partial charge in [-0.25, -0.2) is 19.7 Å². The van der Waals surface area contributed by atoms with Gasteiger partial charge in [-0.1, -0.05) is 41.9 Å². The molecule has 4 saturated heterocycles. The van der Waals surface area contributed by atoms with Crippen LogP contribution < -0.4 is 9.64 Å². The largest absolute Gasteiger partial charge is 0.461 e. The molecule has 5 atom stereocenters. The number of aromatic nitrogens is 3. The number of nitrogens with zero attached hydrogens (tertiary/aromatic N) is 8. The molecule has 0 bridgehead atoms. The first-order valence-corrected chi connectivity index (χ1v) is 19.6. The van der Waals surface area contributed by atoms with Crippen LogP contribution in [0.1, 0.15) is 33.1 Å². The minimum atomic E-state index is -0.963. The molecule has 0 saturated carbocycles. The van der Waals surface area contributed by atoms with Gasteiger partial charge in [0.2, 0.25) is 12.5 Å². The van der Waals surface area contributed by atoms with Crippen LogP contribution >= 0.6 is 11.6 Å². The Bertz CT molecular complexity index is 2210. The van der Waals surface area contributed by atoms with E-state index >= 15 is 4.39 Å². The molecule has 0 N–H and O–H groups in total. The van der Waals surface area contributed by atoms with Gasteiger partial charge in [0.15, 0.2) is 5.82 Å². The van der Waals surface area contributed by atoms with E-state index in [1.165, 1.54) is 12.3 Å². The molecule has 1 amide bonds.